The Bertz CT molecular complexity index is 1680. The van der Waals surface area contributed by atoms with Crippen molar-refractivity contribution < 1.29 is 0 Å². The second kappa shape index (κ2) is 25.9. The normalized spacial score (nSPS) is 12.0. The number of benzene rings is 1. The van der Waals surface area contributed by atoms with Crippen LogP contribution in [0.1, 0.15) is 204 Å². The van der Waals surface area contributed by atoms with Crippen LogP contribution in [0.2, 0.25) is 0 Å². The maximum Gasteiger partial charge on any atom is 0.134 e. The van der Waals surface area contributed by atoms with E-state index in [9.17, 15) is 0 Å². The zero-order chi connectivity index (χ0) is 39.5. The number of thiazole rings is 2. The molecule has 5 rings (SSSR count). The summed E-state index contributed by atoms with van der Waals surface area (Å²) in [6.45, 7) is 9.23. The highest BCUT2D eigenvalue weighted by Gasteiger charge is 2.23. The van der Waals surface area contributed by atoms with Crippen LogP contribution < -0.4 is 0 Å². The van der Waals surface area contributed by atoms with E-state index in [1.165, 1.54) is 213 Å². The van der Waals surface area contributed by atoms with Gasteiger partial charge in [0.05, 0.1) is 28.7 Å². The first-order chi connectivity index (χ1) is 27.5. The molecular formula is C48H70Br2N2S4. The molecule has 0 fully saturated rings. The summed E-state index contributed by atoms with van der Waals surface area (Å²) in [5.41, 5.74) is 5.69. The smallest absolute Gasteiger partial charge is 0.134 e. The molecule has 0 spiro atoms. The van der Waals surface area contributed by atoms with Crippen LogP contribution in [0, 0.1) is 0 Å². The summed E-state index contributed by atoms with van der Waals surface area (Å²) in [7, 11) is 0. The largest absolute Gasteiger partial charge is 0.239 e. The monoisotopic (exact) mass is 960 g/mol. The number of thiophene rings is 2. The topological polar surface area (TPSA) is 25.8 Å². The van der Waals surface area contributed by atoms with Crippen LogP contribution in [-0.2, 0) is 25.7 Å². The zero-order valence-electron chi connectivity index (χ0n) is 35.2. The van der Waals surface area contributed by atoms with E-state index in [0.717, 1.165) is 25.7 Å². The molecule has 0 amide bonds. The molecule has 0 atom stereocenters. The van der Waals surface area contributed by atoms with E-state index in [-0.39, 0.29) is 0 Å². The summed E-state index contributed by atoms with van der Waals surface area (Å²) in [5.74, 6) is 0. The van der Waals surface area contributed by atoms with Crippen molar-refractivity contribution in [3.63, 3.8) is 0 Å². The summed E-state index contributed by atoms with van der Waals surface area (Å²) in [5, 5.41) is 5.41. The van der Waals surface area contributed by atoms with Crippen molar-refractivity contribution >= 4 is 97.4 Å². The maximum atomic E-state index is 5.31. The molecule has 1 aromatic carbocycles. The second-order valence-corrected chi connectivity index (χ2v) is 23.0. The Labute approximate surface area is 373 Å². The third-order valence-electron chi connectivity index (χ3n) is 11.5. The predicted molar refractivity (Wildman–Crippen MR) is 263 cm³/mol. The third kappa shape index (κ3) is 13.7. The van der Waals surface area contributed by atoms with Crippen molar-refractivity contribution in [1.29, 1.82) is 0 Å². The van der Waals surface area contributed by atoms with Gasteiger partial charge in [0.1, 0.15) is 10.0 Å². The van der Waals surface area contributed by atoms with E-state index in [1.54, 1.807) is 11.1 Å². The van der Waals surface area contributed by atoms with Crippen LogP contribution >= 0.6 is 77.2 Å². The average molecular weight is 963 g/mol. The van der Waals surface area contributed by atoms with Gasteiger partial charge in [0, 0.05) is 9.40 Å². The maximum absolute atomic E-state index is 5.31. The molecule has 4 heterocycles. The Balaban J connectivity index is 1.49. The molecule has 0 radical (unpaired) electrons. The van der Waals surface area contributed by atoms with Gasteiger partial charge in [-0.3, -0.25) is 0 Å². The van der Waals surface area contributed by atoms with E-state index in [4.69, 9.17) is 9.97 Å². The minimum absolute atomic E-state index is 1.08. The van der Waals surface area contributed by atoms with Gasteiger partial charge in [-0.2, -0.15) is 0 Å². The van der Waals surface area contributed by atoms with Crippen LogP contribution in [0.3, 0.4) is 0 Å². The standard InChI is InChI=1S/C48H70Br2N2S4/c1-5-9-13-17-21-25-29-35-37-33-41(47-51-39(45(49)55-47)31-27-23-19-15-11-7-3)54-44(37)36(30-26-22-18-14-10-6-2)38-34-42(53-43(35)38)48-52-40(46(50)56-48)32-28-24-20-16-12-8-4/h33-34H,5-32H2,1-4H3. The minimum atomic E-state index is 1.08. The molecule has 0 N–H and O–H groups in total. The molecule has 0 bridgehead atoms. The molecule has 0 aliphatic rings. The number of halogens is 2. The predicted octanol–water partition coefficient (Wildman–Crippen LogP) is 19.5. The Morgan fingerprint density at radius 2 is 0.696 bits per heavy atom. The highest BCUT2D eigenvalue weighted by atomic mass is 79.9. The number of fused-ring (bicyclic) bond motifs is 2. The number of aryl methyl sites for hydroxylation is 4. The lowest BCUT2D eigenvalue weighted by Crippen LogP contribution is -1.93. The van der Waals surface area contributed by atoms with Crippen LogP contribution in [0.15, 0.2) is 19.7 Å². The summed E-state index contributed by atoms with van der Waals surface area (Å²) < 4.78 is 5.52. The van der Waals surface area contributed by atoms with Crippen LogP contribution in [-0.4, -0.2) is 9.97 Å². The summed E-state index contributed by atoms with van der Waals surface area (Å²) in [6.07, 6.45) is 36.2. The molecule has 8 heteroatoms. The summed E-state index contributed by atoms with van der Waals surface area (Å²) in [4.78, 5) is 13.3. The van der Waals surface area contributed by atoms with Gasteiger partial charge >= 0.3 is 0 Å². The highest BCUT2D eigenvalue weighted by molar-refractivity contribution is 9.11. The van der Waals surface area contributed by atoms with Crippen molar-refractivity contribution in [2.24, 2.45) is 0 Å². The molecule has 0 saturated heterocycles. The fraction of sp³-hybridized carbons (Fsp3) is 0.667. The number of hydrogen-bond acceptors (Lipinski definition) is 6. The van der Waals surface area contributed by atoms with Crippen molar-refractivity contribution in [2.75, 3.05) is 0 Å². The van der Waals surface area contributed by atoms with Crippen LogP contribution in [0.5, 0.6) is 0 Å². The molecule has 4 aromatic heterocycles. The number of nitrogens with zero attached hydrogens (tertiary/aromatic N) is 2. The van der Waals surface area contributed by atoms with Crippen molar-refractivity contribution in [3.05, 3.63) is 42.2 Å². The van der Waals surface area contributed by atoms with E-state index in [2.05, 4.69) is 71.7 Å². The van der Waals surface area contributed by atoms with Gasteiger partial charge in [-0.1, -0.05) is 156 Å². The first-order valence-electron chi connectivity index (χ1n) is 22.8. The number of aromatic nitrogens is 2. The van der Waals surface area contributed by atoms with Gasteiger partial charge in [0.15, 0.2) is 0 Å². The molecule has 0 aliphatic heterocycles. The van der Waals surface area contributed by atoms with Crippen LogP contribution in [0.4, 0.5) is 0 Å². The average Bonchev–Trinajstić information content (AvgIpc) is 4.00. The number of unbranched alkanes of at least 4 members (excludes halogenated alkanes) is 20. The van der Waals surface area contributed by atoms with Gasteiger partial charge in [-0.05, 0) is 117 Å². The van der Waals surface area contributed by atoms with Crippen molar-refractivity contribution in [1.82, 2.24) is 9.97 Å². The SMILES string of the molecule is CCCCCCCCc1nc(-c2cc3c(CCCCCCCC)c4sc(-c5nc(CCCCCCCC)c(Br)s5)cc4c(CCCCCCCC)c3s2)sc1Br. The fourth-order valence-corrected chi connectivity index (χ4v) is 13.9. The van der Waals surface area contributed by atoms with E-state index >= 15 is 0 Å². The van der Waals surface area contributed by atoms with E-state index in [0.29, 0.717) is 0 Å². The van der Waals surface area contributed by atoms with Gasteiger partial charge in [-0.25, -0.2) is 9.97 Å². The first kappa shape index (κ1) is 46.4. The molecule has 0 saturated carbocycles. The lowest BCUT2D eigenvalue weighted by Gasteiger charge is -2.12. The summed E-state index contributed by atoms with van der Waals surface area (Å²) in [6, 6.07) is 5.10. The number of rotatable bonds is 30. The molecule has 2 nitrogen and oxygen atoms in total. The molecule has 0 aliphatic carbocycles. The lowest BCUT2D eigenvalue weighted by molar-refractivity contribution is 0.605. The molecule has 0 unspecified atom stereocenters. The zero-order valence-corrected chi connectivity index (χ0v) is 41.7. The van der Waals surface area contributed by atoms with Crippen molar-refractivity contribution in [3.8, 4) is 19.8 Å². The van der Waals surface area contributed by atoms with Gasteiger partial charge < -0.3 is 0 Å². The second-order valence-electron chi connectivity index (χ2n) is 16.2. The first-order valence-corrected chi connectivity index (χ1v) is 27.7. The van der Waals surface area contributed by atoms with Crippen LogP contribution in [0.25, 0.3) is 39.9 Å². The summed E-state index contributed by atoms with van der Waals surface area (Å²) >= 11 is 15.7. The minimum Gasteiger partial charge on any atom is -0.239 e. The Morgan fingerprint density at radius 3 is 1.04 bits per heavy atom. The highest BCUT2D eigenvalue weighted by Crippen LogP contribution is 2.49. The Morgan fingerprint density at radius 1 is 0.393 bits per heavy atom. The Kier molecular flexibility index (Phi) is 21.4. The van der Waals surface area contributed by atoms with Gasteiger partial charge in [-0.15, -0.1) is 45.3 Å². The lowest BCUT2D eigenvalue weighted by atomic mass is 9.94. The van der Waals surface area contributed by atoms with E-state index in [1.807, 2.05) is 45.3 Å². The van der Waals surface area contributed by atoms with E-state index < -0.39 is 0 Å². The van der Waals surface area contributed by atoms with Gasteiger partial charge in [0.2, 0.25) is 0 Å². The molecular weight excluding hydrogens is 893 g/mol. The molecule has 310 valence electrons. The van der Waals surface area contributed by atoms with Gasteiger partial charge in [0.25, 0.3) is 0 Å². The van der Waals surface area contributed by atoms with Crippen molar-refractivity contribution in [2.45, 2.75) is 207 Å². The Hall–Kier alpha value is -0.640. The molecule has 5 aromatic rings. The quantitative estimate of drug-likeness (QED) is 0.0429. The third-order valence-corrected chi connectivity index (χ3v) is 17.9. The number of hydrogen-bond donors (Lipinski definition) is 0. The molecule has 56 heavy (non-hydrogen) atoms. The fourth-order valence-electron chi connectivity index (χ4n) is 8.13.